The highest BCUT2D eigenvalue weighted by atomic mass is 15.1. The minimum absolute atomic E-state index is 0.365. The van der Waals surface area contributed by atoms with Crippen molar-refractivity contribution >= 4 is 0 Å². The quantitative estimate of drug-likeness (QED) is 0.881. The number of benzene rings is 1. The molecule has 0 spiro atoms. The summed E-state index contributed by atoms with van der Waals surface area (Å²) >= 11 is 0. The molecule has 2 atom stereocenters. The van der Waals surface area contributed by atoms with E-state index in [1.165, 1.54) is 37.1 Å². The van der Waals surface area contributed by atoms with Crippen LogP contribution >= 0.6 is 0 Å². The molecule has 106 valence electrons. The van der Waals surface area contributed by atoms with Gasteiger partial charge in [0.05, 0.1) is 0 Å². The van der Waals surface area contributed by atoms with Gasteiger partial charge in [-0.2, -0.15) is 0 Å². The van der Waals surface area contributed by atoms with Crippen LogP contribution in [0.3, 0.4) is 0 Å². The summed E-state index contributed by atoms with van der Waals surface area (Å²) in [5.41, 5.74) is 8.99. The highest BCUT2D eigenvalue weighted by molar-refractivity contribution is 5.22. The first kappa shape index (κ1) is 14.5. The summed E-state index contributed by atoms with van der Waals surface area (Å²) in [6.45, 7) is 10.2. The van der Waals surface area contributed by atoms with Crippen molar-refractivity contribution in [2.24, 2.45) is 17.6 Å². The monoisotopic (exact) mass is 260 g/mol. The zero-order valence-electron chi connectivity index (χ0n) is 12.6. The molecule has 2 nitrogen and oxygen atoms in total. The van der Waals surface area contributed by atoms with Crippen LogP contribution in [-0.2, 0) is 6.54 Å². The van der Waals surface area contributed by atoms with Gasteiger partial charge in [0, 0.05) is 19.1 Å². The Morgan fingerprint density at radius 3 is 2.84 bits per heavy atom. The lowest BCUT2D eigenvalue weighted by Crippen LogP contribution is -2.30. The standard InChI is InChI=1S/C17H28N2/c1-13(2)17(18)10-16-7-8-19(12-16)11-15-6-4-5-14(3)9-15/h4-6,9,13,16-17H,7-8,10-12,18H2,1-3H3. The fourth-order valence-electron chi connectivity index (χ4n) is 2.97. The zero-order chi connectivity index (χ0) is 13.8. The molecule has 0 radical (unpaired) electrons. The maximum atomic E-state index is 6.20. The van der Waals surface area contributed by atoms with Gasteiger partial charge in [-0.3, -0.25) is 4.90 Å². The first-order valence-electron chi connectivity index (χ1n) is 7.58. The molecule has 1 fully saturated rings. The van der Waals surface area contributed by atoms with Gasteiger partial charge < -0.3 is 5.73 Å². The SMILES string of the molecule is Cc1cccc(CN2CCC(CC(N)C(C)C)C2)c1. The highest BCUT2D eigenvalue weighted by Crippen LogP contribution is 2.24. The fourth-order valence-corrected chi connectivity index (χ4v) is 2.97. The second-order valence-electron chi connectivity index (χ2n) is 6.52. The van der Waals surface area contributed by atoms with Crippen molar-refractivity contribution in [3.05, 3.63) is 35.4 Å². The van der Waals surface area contributed by atoms with Gasteiger partial charge in [-0.15, -0.1) is 0 Å². The molecule has 19 heavy (non-hydrogen) atoms. The minimum Gasteiger partial charge on any atom is -0.327 e. The van der Waals surface area contributed by atoms with E-state index in [0.29, 0.717) is 12.0 Å². The van der Waals surface area contributed by atoms with Crippen molar-refractivity contribution in [1.29, 1.82) is 0 Å². The van der Waals surface area contributed by atoms with Crippen LogP contribution < -0.4 is 5.73 Å². The Hall–Kier alpha value is -0.860. The van der Waals surface area contributed by atoms with Crippen LogP contribution in [0.15, 0.2) is 24.3 Å². The Bertz CT molecular complexity index is 400. The lowest BCUT2D eigenvalue weighted by atomic mass is 9.93. The number of hydrogen-bond donors (Lipinski definition) is 1. The molecule has 0 aliphatic carbocycles. The smallest absolute Gasteiger partial charge is 0.0233 e. The molecule has 0 saturated carbocycles. The predicted molar refractivity (Wildman–Crippen MR) is 82.0 cm³/mol. The molecule has 2 rings (SSSR count). The van der Waals surface area contributed by atoms with Gasteiger partial charge in [-0.1, -0.05) is 43.7 Å². The average molecular weight is 260 g/mol. The van der Waals surface area contributed by atoms with Crippen LogP contribution in [0.5, 0.6) is 0 Å². The van der Waals surface area contributed by atoms with Gasteiger partial charge in [0.25, 0.3) is 0 Å². The van der Waals surface area contributed by atoms with Crippen LogP contribution in [-0.4, -0.2) is 24.0 Å². The molecule has 1 aromatic rings. The molecule has 1 saturated heterocycles. The summed E-state index contributed by atoms with van der Waals surface area (Å²) in [5, 5.41) is 0. The largest absolute Gasteiger partial charge is 0.327 e. The Morgan fingerprint density at radius 2 is 2.16 bits per heavy atom. The van der Waals surface area contributed by atoms with Crippen LogP contribution in [0.1, 0.15) is 37.8 Å². The molecule has 2 N–H and O–H groups in total. The first-order valence-corrected chi connectivity index (χ1v) is 7.58. The minimum atomic E-state index is 0.365. The summed E-state index contributed by atoms with van der Waals surface area (Å²) in [7, 11) is 0. The van der Waals surface area contributed by atoms with E-state index in [1.807, 2.05) is 0 Å². The molecule has 0 bridgehead atoms. The first-order chi connectivity index (χ1) is 9.04. The van der Waals surface area contributed by atoms with E-state index < -0.39 is 0 Å². The van der Waals surface area contributed by atoms with E-state index in [0.717, 1.165) is 12.5 Å². The van der Waals surface area contributed by atoms with Gasteiger partial charge in [0.1, 0.15) is 0 Å². The van der Waals surface area contributed by atoms with Crippen molar-refractivity contribution < 1.29 is 0 Å². The van der Waals surface area contributed by atoms with E-state index in [4.69, 9.17) is 5.73 Å². The molecular formula is C17H28N2. The molecule has 1 heterocycles. The lowest BCUT2D eigenvalue weighted by Gasteiger charge is -2.20. The van der Waals surface area contributed by atoms with E-state index >= 15 is 0 Å². The summed E-state index contributed by atoms with van der Waals surface area (Å²) in [6, 6.07) is 9.22. The van der Waals surface area contributed by atoms with Gasteiger partial charge >= 0.3 is 0 Å². The number of rotatable bonds is 5. The van der Waals surface area contributed by atoms with Crippen LogP contribution in [0.2, 0.25) is 0 Å². The third kappa shape index (κ3) is 4.32. The van der Waals surface area contributed by atoms with Gasteiger partial charge in [-0.25, -0.2) is 0 Å². The van der Waals surface area contributed by atoms with Gasteiger partial charge in [0.15, 0.2) is 0 Å². The number of nitrogens with zero attached hydrogens (tertiary/aromatic N) is 1. The van der Waals surface area contributed by atoms with Gasteiger partial charge in [0.2, 0.25) is 0 Å². The maximum absolute atomic E-state index is 6.20. The van der Waals surface area contributed by atoms with E-state index in [2.05, 4.69) is 49.9 Å². The molecular weight excluding hydrogens is 232 g/mol. The average Bonchev–Trinajstić information content (AvgIpc) is 2.76. The molecule has 2 unspecified atom stereocenters. The Labute approximate surface area is 118 Å². The van der Waals surface area contributed by atoms with Crippen molar-refractivity contribution in [2.45, 2.75) is 46.2 Å². The molecule has 0 aromatic heterocycles. The highest BCUT2D eigenvalue weighted by Gasteiger charge is 2.24. The van der Waals surface area contributed by atoms with Crippen molar-refractivity contribution in [1.82, 2.24) is 4.90 Å². The van der Waals surface area contributed by atoms with Crippen molar-refractivity contribution in [3.63, 3.8) is 0 Å². The van der Waals surface area contributed by atoms with E-state index in [9.17, 15) is 0 Å². The molecule has 1 aliphatic heterocycles. The van der Waals surface area contributed by atoms with Crippen molar-refractivity contribution in [2.75, 3.05) is 13.1 Å². The van der Waals surface area contributed by atoms with E-state index in [1.54, 1.807) is 0 Å². The second-order valence-corrected chi connectivity index (χ2v) is 6.52. The third-order valence-corrected chi connectivity index (χ3v) is 4.32. The van der Waals surface area contributed by atoms with E-state index in [-0.39, 0.29) is 0 Å². The zero-order valence-corrected chi connectivity index (χ0v) is 12.6. The Kier molecular flexibility index (Phi) is 5.00. The van der Waals surface area contributed by atoms with Crippen LogP contribution in [0.4, 0.5) is 0 Å². The fraction of sp³-hybridized carbons (Fsp3) is 0.647. The number of aryl methyl sites for hydroxylation is 1. The molecule has 0 amide bonds. The molecule has 2 heteroatoms. The lowest BCUT2D eigenvalue weighted by molar-refractivity contribution is 0.301. The number of nitrogens with two attached hydrogens (primary N) is 1. The normalized spacial score (nSPS) is 22.1. The Morgan fingerprint density at radius 1 is 1.37 bits per heavy atom. The number of likely N-dealkylation sites (tertiary alicyclic amines) is 1. The summed E-state index contributed by atoms with van der Waals surface area (Å²) in [5.74, 6) is 1.40. The number of hydrogen-bond acceptors (Lipinski definition) is 2. The summed E-state index contributed by atoms with van der Waals surface area (Å²) in [6.07, 6.45) is 2.49. The maximum Gasteiger partial charge on any atom is 0.0233 e. The third-order valence-electron chi connectivity index (χ3n) is 4.32. The Balaban J connectivity index is 1.82. The van der Waals surface area contributed by atoms with Crippen LogP contribution in [0, 0.1) is 18.8 Å². The predicted octanol–water partition coefficient (Wildman–Crippen LogP) is 3.19. The van der Waals surface area contributed by atoms with Crippen molar-refractivity contribution in [3.8, 4) is 0 Å². The topological polar surface area (TPSA) is 29.3 Å². The molecule has 1 aromatic carbocycles. The van der Waals surface area contributed by atoms with Crippen LogP contribution in [0.25, 0.3) is 0 Å². The summed E-state index contributed by atoms with van der Waals surface area (Å²) in [4.78, 5) is 2.58. The second kappa shape index (κ2) is 6.53. The van der Waals surface area contributed by atoms with Gasteiger partial charge in [-0.05, 0) is 43.7 Å². The summed E-state index contributed by atoms with van der Waals surface area (Å²) < 4.78 is 0. The molecule has 1 aliphatic rings.